The SMILES string of the molecule is CC(Cl)(Cl)COC(=O)Nc1cc(C(F)(F)F)ccc1-n1cccn1. The number of halogens is 5. The van der Waals surface area contributed by atoms with Gasteiger partial charge in [-0.05, 0) is 31.2 Å². The van der Waals surface area contributed by atoms with Gasteiger partial charge in [0.05, 0.1) is 16.9 Å². The Bertz CT molecular complexity index is 713. The average Bonchev–Trinajstić information content (AvgIpc) is 2.97. The summed E-state index contributed by atoms with van der Waals surface area (Å²) in [6.45, 7) is 1.07. The van der Waals surface area contributed by atoms with Crippen molar-refractivity contribution >= 4 is 35.0 Å². The van der Waals surface area contributed by atoms with E-state index in [9.17, 15) is 18.0 Å². The molecule has 0 saturated carbocycles. The lowest BCUT2D eigenvalue weighted by Crippen LogP contribution is -2.23. The molecule has 0 aliphatic carbocycles. The van der Waals surface area contributed by atoms with E-state index in [1.165, 1.54) is 30.1 Å². The van der Waals surface area contributed by atoms with Crippen molar-refractivity contribution in [2.45, 2.75) is 17.4 Å². The number of carbonyl (C=O) groups excluding carboxylic acids is 1. The van der Waals surface area contributed by atoms with Crippen LogP contribution in [0.3, 0.4) is 0 Å². The van der Waals surface area contributed by atoms with Crippen LogP contribution in [-0.2, 0) is 10.9 Å². The number of nitrogens with one attached hydrogen (secondary N) is 1. The Balaban J connectivity index is 2.29. The van der Waals surface area contributed by atoms with E-state index in [2.05, 4.69) is 10.4 Å². The minimum absolute atomic E-state index is 0.121. The van der Waals surface area contributed by atoms with Crippen molar-refractivity contribution < 1.29 is 22.7 Å². The highest BCUT2D eigenvalue weighted by Gasteiger charge is 2.31. The van der Waals surface area contributed by atoms with Crippen molar-refractivity contribution in [2.75, 3.05) is 11.9 Å². The molecule has 0 aliphatic rings. The number of carbonyl (C=O) groups is 1. The molecular formula is C14H12Cl2F3N3O2. The fourth-order valence-electron chi connectivity index (χ4n) is 1.76. The number of alkyl halides is 5. The van der Waals surface area contributed by atoms with Gasteiger partial charge < -0.3 is 4.74 Å². The summed E-state index contributed by atoms with van der Waals surface area (Å²) in [5.41, 5.74) is -0.804. The molecule has 1 aromatic heterocycles. The summed E-state index contributed by atoms with van der Waals surface area (Å²) in [6.07, 6.45) is -2.58. The minimum Gasteiger partial charge on any atom is -0.446 e. The lowest BCUT2D eigenvalue weighted by Gasteiger charge is -2.16. The molecule has 0 radical (unpaired) electrons. The van der Waals surface area contributed by atoms with Crippen molar-refractivity contribution in [3.8, 4) is 5.69 Å². The molecule has 24 heavy (non-hydrogen) atoms. The number of aromatic nitrogens is 2. The quantitative estimate of drug-likeness (QED) is 0.785. The summed E-state index contributed by atoms with van der Waals surface area (Å²) in [4.78, 5) is 11.8. The van der Waals surface area contributed by atoms with Crippen molar-refractivity contribution in [1.82, 2.24) is 9.78 Å². The monoisotopic (exact) mass is 381 g/mol. The third-order valence-corrected chi connectivity index (χ3v) is 2.99. The molecule has 5 nitrogen and oxygen atoms in total. The Morgan fingerprint density at radius 1 is 1.38 bits per heavy atom. The van der Waals surface area contributed by atoms with Gasteiger partial charge in [-0.15, -0.1) is 0 Å². The Morgan fingerprint density at radius 2 is 2.08 bits per heavy atom. The van der Waals surface area contributed by atoms with Gasteiger partial charge in [0.15, 0.2) is 0 Å². The maximum atomic E-state index is 12.9. The zero-order valence-electron chi connectivity index (χ0n) is 12.3. The Hall–Kier alpha value is -1.93. The van der Waals surface area contributed by atoms with Crippen LogP contribution in [0.4, 0.5) is 23.7 Å². The van der Waals surface area contributed by atoms with Crippen LogP contribution in [0.5, 0.6) is 0 Å². The van der Waals surface area contributed by atoms with E-state index in [-0.39, 0.29) is 18.0 Å². The number of hydrogen-bond acceptors (Lipinski definition) is 3. The van der Waals surface area contributed by atoms with E-state index >= 15 is 0 Å². The molecule has 0 unspecified atom stereocenters. The van der Waals surface area contributed by atoms with Crippen LogP contribution in [0.1, 0.15) is 12.5 Å². The maximum Gasteiger partial charge on any atom is 0.416 e. The molecule has 130 valence electrons. The van der Waals surface area contributed by atoms with Gasteiger partial charge >= 0.3 is 12.3 Å². The molecule has 0 bridgehead atoms. The molecule has 0 atom stereocenters. The molecule has 1 heterocycles. The maximum absolute atomic E-state index is 12.9. The zero-order valence-corrected chi connectivity index (χ0v) is 13.8. The number of ether oxygens (including phenoxy) is 1. The predicted octanol–water partition coefficient (Wildman–Crippen LogP) is 4.63. The zero-order chi connectivity index (χ0) is 18.0. The molecule has 1 aromatic carbocycles. The fourth-order valence-corrected chi connectivity index (χ4v) is 1.87. The predicted molar refractivity (Wildman–Crippen MR) is 83.6 cm³/mol. The molecule has 2 rings (SSSR count). The van der Waals surface area contributed by atoms with Crippen molar-refractivity contribution in [1.29, 1.82) is 0 Å². The van der Waals surface area contributed by atoms with Crippen molar-refractivity contribution in [2.24, 2.45) is 0 Å². The summed E-state index contributed by atoms with van der Waals surface area (Å²) in [5, 5.41) is 6.18. The number of anilines is 1. The van der Waals surface area contributed by atoms with E-state index in [4.69, 9.17) is 27.9 Å². The van der Waals surface area contributed by atoms with Gasteiger partial charge in [0, 0.05) is 12.4 Å². The summed E-state index contributed by atoms with van der Waals surface area (Å²) in [6, 6.07) is 4.46. The molecular weight excluding hydrogens is 370 g/mol. The minimum atomic E-state index is -4.56. The highest BCUT2D eigenvalue weighted by atomic mass is 35.5. The lowest BCUT2D eigenvalue weighted by molar-refractivity contribution is -0.137. The third-order valence-electron chi connectivity index (χ3n) is 2.77. The van der Waals surface area contributed by atoms with Gasteiger partial charge in [0.25, 0.3) is 0 Å². The summed E-state index contributed by atoms with van der Waals surface area (Å²) < 4.78 is 43.4. The molecule has 1 amide bonds. The summed E-state index contributed by atoms with van der Waals surface area (Å²) >= 11 is 11.4. The molecule has 2 aromatic rings. The van der Waals surface area contributed by atoms with Gasteiger partial charge in [-0.25, -0.2) is 9.48 Å². The highest BCUT2D eigenvalue weighted by Crippen LogP contribution is 2.33. The van der Waals surface area contributed by atoms with Gasteiger partial charge in [0.1, 0.15) is 10.9 Å². The van der Waals surface area contributed by atoms with Crippen LogP contribution in [0.15, 0.2) is 36.7 Å². The van der Waals surface area contributed by atoms with Gasteiger partial charge in [0.2, 0.25) is 0 Å². The lowest BCUT2D eigenvalue weighted by atomic mass is 10.1. The highest BCUT2D eigenvalue weighted by molar-refractivity contribution is 6.48. The third kappa shape index (κ3) is 5.04. The van der Waals surface area contributed by atoms with Gasteiger partial charge in [-0.1, -0.05) is 23.2 Å². The molecule has 1 N–H and O–H groups in total. The van der Waals surface area contributed by atoms with Crippen LogP contribution < -0.4 is 5.32 Å². The van der Waals surface area contributed by atoms with Gasteiger partial charge in [-0.3, -0.25) is 5.32 Å². The van der Waals surface area contributed by atoms with E-state index in [1.807, 2.05) is 0 Å². The number of amides is 1. The number of rotatable bonds is 4. The van der Waals surface area contributed by atoms with E-state index in [0.717, 1.165) is 12.1 Å². The first-order valence-corrected chi connectivity index (χ1v) is 7.35. The first-order chi connectivity index (χ1) is 11.1. The second-order valence-corrected chi connectivity index (χ2v) is 6.81. The Morgan fingerprint density at radius 3 is 2.62 bits per heavy atom. The van der Waals surface area contributed by atoms with Crippen LogP contribution in [0.25, 0.3) is 5.69 Å². The van der Waals surface area contributed by atoms with E-state index in [0.29, 0.717) is 0 Å². The number of benzene rings is 1. The normalized spacial score (nSPS) is 12.1. The van der Waals surface area contributed by atoms with Crippen molar-refractivity contribution in [3.05, 3.63) is 42.2 Å². The first kappa shape index (κ1) is 18.4. The smallest absolute Gasteiger partial charge is 0.416 e. The summed E-state index contributed by atoms with van der Waals surface area (Å²) in [5.74, 6) is 0. The fraction of sp³-hybridized carbons (Fsp3) is 0.286. The second-order valence-electron chi connectivity index (χ2n) is 4.95. The number of hydrogen-bond donors (Lipinski definition) is 1. The average molecular weight is 382 g/mol. The molecule has 10 heteroatoms. The summed E-state index contributed by atoms with van der Waals surface area (Å²) in [7, 11) is 0. The molecule has 0 spiro atoms. The van der Waals surface area contributed by atoms with E-state index in [1.54, 1.807) is 6.07 Å². The number of nitrogens with zero attached hydrogens (tertiary/aromatic N) is 2. The van der Waals surface area contributed by atoms with Crippen LogP contribution in [0.2, 0.25) is 0 Å². The van der Waals surface area contributed by atoms with Crippen LogP contribution >= 0.6 is 23.2 Å². The van der Waals surface area contributed by atoms with Crippen molar-refractivity contribution in [3.63, 3.8) is 0 Å². The Kier molecular flexibility index (Phi) is 5.29. The standard InChI is InChI=1S/C14H12Cl2F3N3O2/c1-13(15,16)8-24-12(23)21-10-7-9(14(17,18)19)3-4-11(10)22-6-2-5-20-22/h2-7H,8H2,1H3,(H,21,23). The largest absolute Gasteiger partial charge is 0.446 e. The van der Waals surface area contributed by atoms with Crippen LogP contribution in [0, 0.1) is 0 Å². The van der Waals surface area contributed by atoms with Crippen LogP contribution in [-0.4, -0.2) is 26.8 Å². The molecule has 0 fully saturated rings. The van der Waals surface area contributed by atoms with Gasteiger partial charge in [-0.2, -0.15) is 18.3 Å². The second kappa shape index (κ2) is 6.90. The van der Waals surface area contributed by atoms with E-state index < -0.39 is 22.2 Å². The topological polar surface area (TPSA) is 56.1 Å². The Labute approximate surface area is 145 Å². The first-order valence-electron chi connectivity index (χ1n) is 6.59. The molecule has 0 saturated heterocycles. The molecule has 0 aliphatic heterocycles.